The average Bonchev–Trinajstić information content (AvgIpc) is 2.77. The van der Waals surface area contributed by atoms with E-state index in [1.165, 1.54) is 5.56 Å². The summed E-state index contributed by atoms with van der Waals surface area (Å²) in [5.74, 6) is 0.0922. The second-order valence-electron chi connectivity index (χ2n) is 6.14. The molecule has 0 radical (unpaired) electrons. The van der Waals surface area contributed by atoms with Gasteiger partial charge in [0.05, 0.1) is 6.54 Å². The van der Waals surface area contributed by atoms with E-state index in [0.29, 0.717) is 18.1 Å². The first-order chi connectivity index (χ1) is 9.79. The number of furan rings is 1. The third-order valence-corrected chi connectivity index (χ3v) is 3.39. The summed E-state index contributed by atoms with van der Waals surface area (Å²) in [6.45, 7) is 8.60. The number of hydrogen-bond donors (Lipinski definition) is 2. The number of rotatable bonds is 4. The van der Waals surface area contributed by atoms with Gasteiger partial charge in [-0.15, -0.1) is 0 Å². The summed E-state index contributed by atoms with van der Waals surface area (Å²) in [5, 5.41) is 12.4. The van der Waals surface area contributed by atoms with Gasteiger partial charge in [0.2, 0.25) is 0 Å². The molecule has 1 heterocycles. The van der Waals surface area contributed by atoms with Crippen LogP contribution in [0.5, 0.6) is 0 Å². The number of anilines is 1. The fourth-order valence-corrected chi connectivity index (χ4v) is 2.32. The van der Waals surface area contributed by atoms with Crippen LogP contribution in [0.25, 0.3) is 0 Å². The van der Waals surface area contributed by atoms with E-state index < -0.39 is 5.97 Å². The van der Waals surface area contributed by atoms with Gasteiger partial charge in [0.15, 0.2) is 0 Å². The number of carboxylic acids is 1. The Bertz CT molecular complexity index is 650. The molecule has 0 atom stereocenters. The van der Waals surface area contributed by atoms with E-state index in [1.807, 2.05) is 18.2 Å². The van der Waals surface area contributed by atoms with Crippen molar-refractivity contribution in [3.05, 3.63) is 53.0 Å². The summed E-state index contributed by atoms with van der Waals surface area (Å²) in [4.78, 5) is 11.0. The van der Waals surface area contributed by atoms with Crippen LogP contribution in [0.15, 0.2) is 34.7 Å². The molecule has 4 heteroatoms. The Hall–Kier alpha value is -2.23. The highest BCUT2D eigenvalue weighted by Crippen LogP contribution is 2.29. The van der Waals surface area contributed by atoms with Gasteiger partial charge in [-0.05, 0) is 30.0 Å². The van der Waals surface area contributed by atoms with E-state index in [9.17, 15) is 4.79 Å². The molecule has 112 valence electrons. The van der Waals surface area contributed by atoms with Gasteiger partial charge in [-0.25, -0.2) is 4.79 Å². The molecule has 2 aromatic rings. The molecule has 21 heavy (non-hydrogen) atoms. The maximum absolute atomic E-state index is 11.0. The normalized spacial score (nSPS) is 11.4. The van der Waals surface area contributed by atoms with Crippen molar-refractivity contribution >= 4 is 11.7 Å². The Morgan fingerprint density at radius 1 is 1.29 bits per heavy atom. The lowest BCUT2D eigenvalue weighted by Gasteiger charge is -2.23. The lowest BCUT2D eigenvalue weighted by Crippen LogP contribution is -2.14. The molecule has 0 aliphatic carbocycles. The zero-order valence-corrected chi connectivity index (χ0v) is 12.9. The van der Waals surface area contributed by atoms with Crippen LogP contribution in [0.3, 0.4) is 0 Å². The van der Waals surface area contributed by atoms with Gasteiger partial charge in [-0.3, -0.25) is 0 Å². The van der Waals surface area contributed by atoms with Gasteiger partial charge in [0.25, 0.3) is 0 Å². The number of hydrogen-bond acceptors (Lipinski definition) is 3. The first-order valence-electron chi connectivity index (χ1n) is 6.95. The molecular weight excluding hydrogens is 266 g/mol. The van der Waals surface area contributed by atoms with Gasteiger partial charge in [-0.2, -0.15) is 0 Å². The summed E-state index contributed by atoms with van der Waals surface area (Å²) >= 11 is 0. The molecule has 0 bridgehead atoms. The van der Waals surface area contributed by atoms with Gasteiger partial charge < -0.3 is 14.8 Å². The number of para-hydroxylation sites is 1. The number of aryl methyl sites for hydroxylation is 1. The van der Waals surface area contributed by atoms with Crippen molar-refractivity contribution in [3.63, 3.8) is 0 Å². The Labute approximate surface area is 124 Å². The minimum atomic E-state index is -0.961. The summed E-state index contributed by atoms with van der Waals surface area (Å²) in [6, 6.07) is 9.69. The lowest BCUT2D eigenvalue weighted by molar-refractivity contribution is 0.0695. The predicted molar refractivity (Wildman–Crippen MR) is 82.9 cm³/mol. The zero-order valence-electron chi connectivity index (χ0n) is 12.9. The molecule has 1 aromatic carbocycles. The monoisotopic (exact) mass is 287 g/mol. The van der Waals surface area contributed by atoms with Crippen molar-refractivity contribution in [2.75, 3.05) is 5.32 Å². The smallest absolute Gasteiger partial charge is 0.339 e. The Kier molecular flexibility index (Phi) is 4.07. The van der Waals surface area contributed by atoms with Crippen molar-refractivity contribution in [2.45, 2.75) is 39.7 Å². The quantitative estimate of drug-likeness (QED) is 0.884. The van der Waals surface area contributed by atoms with E-state index in [0.717, 1.165) is 5.69 Å². The summed E-state index contributed by atoms with van der Waals surface area (Å²) in [5.41, 5.74) is 2.51. The number of carbonyl (C=O) groups is 1. The van der Waals surface area contributed by atoms with Crippen LogP contribution in [0.4, 0.5) is 5.69 Å². The summed E-state index contributed by atoms with van der Waals surface area (Å²) in [6.07, 6.45) is 0. The first-order valence-corrected chi connectivity index (χ1v) is 6.95. The Morgan fingerprint density at radius 3 is 2.52 bits per heavy atom. The topological polar surface area (TPSA) is 62.5 Å². The van der Waals surface area contributed by atoms with Crippen LogP contribution >= 0.6 is 0 Å². The number of carboxylic acid groups (broad SMARTS) is 1. The van der Waals surface area contributed by atoms with E-state index in [1.54, 1.807) is 13.0 Å². The standard InChI is InChI=1S/C17H21NO3/c1-11-13(16(19)20)9-12(21-11)10-18-15-8-6-5-7-14(15)17(2,3)4/h5-9,18H,10H2,1-4H3,(H,19,20). The summed E-state index contributed by atoms with van der Waals surface area (Å²) < 4.78 is 5.48. The molecule has 0 unspecified atom stereocenters. The molecule has 0 saturated heterocycles. The van der Waals surface area contributed by atoms with Crippen molar-refractivity contribution in [3.8, 4) is 0 Å². The highest BCUT2D eigenvalue weighted by Gasteiger charge is 2.18. The van der Waals surface area contributed by atoms with Crippen molar-refractivity contribution in [2.24, 2.45) is 0 Å². The lowest BCUT2D eigenvalue weighted by atomic mass is 9.86. The van der Waals surface area contributed by atoms with E-state index in [2.05, 4.69) is 32.2 Å². The minimum Gasteiger partial charge on any atom is -0.478 e. The van der Waals surface area contributed by atoms with Crippen LogP contribution in [-0.2, 0) is 12.0 Å². The van der Waals surface area contributed by atoms with Crippen LogP contribution in [0, 0.1) is 6.92 Å². The fraction of sp³-hybridized carbons (Fsp3) is 0.353. The van der Waals surface area contributed by atoms with Crippen molar-refractivity contribution in [1.82, 2.24) is 0 Å². The predicted octanol–water partition coefficient (Wildman–Crippen LogP) is 4.20. The molecule has 4 nitrogen and oxygen atoms in total. The van der Waals surface area contributed by atoms with E-state index in [4.69, 9.17) is 9.52 Å². The van der Waals surface area contributed by atoms with Crippen molar-refractivity contribution in [1.29, 1.82) is 0 Å². The second kappa shape index (κ2) is 5.64. The largest absolute Gasteiger partial charge is 0.478 e. The van der Waals surface area contributed by atoms with E-state index in [-0.39, 0.29) is 11.0 Å². The molecule has 0 amide bonds. The maximum Gasteiger partial charge on any atom is 0.339 e. The second-order valence-corrected chi connectivity index (χ2v) is 6.14. The fourth-order valence-electron chi connectivity index (χ4n) is 2.32. The van der Waals surface area contributed by atoms with Crippen LogP contribution < -0.4 is 5.32 Å². The third kappa shape index (κ3) is 3.45. The molecule has 1 aromatic heterocycles. The van der Waals surface area contributed by atoms with Crippen LogP contribution in [-0.4, -0.2) is 11.1 Å². The molecule has 0 aliphatic rings. The number of aromatic carboxylic acids is 1. The Morgan fingerprint density at radius 2 is 1.95 bits per heavy atom. The number of benzene rings is 1. The zero-order chi connectivity index (χ0) is 15.6. The van der Waals surface area contributed by atoms with Gasteiger partial charge in [-0.1, -0.05) is 39.0 Å². The molecule has 2 rings (SSSR count). The SMILES string of the molecule is Cc1oc(CNc2ccccc2C(C)(C)C)cc1C(=O)O. The minimum absolute atomic E-state index is 0.0366. The third-order valence-electron chi connectivity index (χ3n) is 3.39. The van der Waals surface area contributed by atoms with Gasteiger partial charge in [0.1, 0.15) is 17.1 Å². The average molecular weight is 287 g/mol. The molecule has 2 N–H and O–H groups in total. The van der Waals surface area contributed by atoms with Gasteiger partial charge in [0, 0.05) is 5.69 Å². The molecule has 0 saturated carbocycles. The molecular formula is C17H21NO3. The first kappa shape index (κ1) is 15.2. The highest BCUT2D eigenvalue weighted by atomic mass is 16.4. The Balaban J connectivity index is 2.18. The molecule has 0 fully saturated rings. The highest BCUT2D eigenvalue weighted by molar-refractivity contribution is 5.88. The van der Waals surface area contributed by atoms with E-state index >= 15 is 0 Å². The summed E-state index contributed by atoms with van der Waals surface area (Å²) in [7, 11) is 0. The number of nitrogens with one attached hydrogen (secondary N) is 1. The van der Waals surface area contributed by atoms with Crippen molar-refractivity contribution < 1.29 is 14.3 Å². The van der Waals surface area contributed by atoms with Crippen LogP contribution in [0.1, 0.15) is 48.2 Å². The maximum atomic E-state index is 11.0. The molecule has 0 spiro atoms. The van der Waals surface area contributed by atoms with Gasteiger partial charge >= 0.3 is 5.97 Å². The van der Waals surface area contributed by atoms with Crippen LogP contribution in [0.2, 0.25) is 0 Å². The molecule has 0 aliphatic heterocycles.